The van der Waals surface area contributed by atoms with E-state index in [9.17, 15) is 9.59 Å². The van der Waals surface area contributed by atoms with Crippen LogP contribution in [0.25, 0.3) is 5.69 Å². The molecule has 2 aromatic rings. The van der Waals surface area contributed by atoms with Crippen LogP contribution in [0.4, 0.5) is 0 Å². The molecule has 25 heavy (non-hydrogen) atoms. The second-order valence-corrected chi connectivity index (χ2v) is 7.08. The van der Waals surface area contributed by atoms with Gasteiger partial charge in [-0.05, 0) is 60.7 Å². The molecule has 0 amide bonds. The quantitative estimate of drug-likeness (QED) is 0.598. The van der Waals surface area contributed by atoms with Gasteiger partial charge in [0.1, 0.15) is 0 Å². The van der Waals surface area contributed by atoms with Crippen LogP contribution in [-0.4, -0.2) is 43.8 Å². The van der Waals surface area contributed by atoms with E-state index >= 15 is 0 Å². The third-order valence-corrected chi connectivity index (χ3v) is 5.02. The molecule has 0 aliphatic heterocycles. The van der Waals surface area contributed by atoms with Crippen molar-refractivity contribution in [2.45, 2.75) is 50.8 Å². The van der Waals surface area contributed by atoms with Gasteiger partial charge in [-0.3, -0.25) is 9.59 Å². The van der Waals surface area contributed by atoms with Gasteiger partial charge in [-0.1, -0.05) is 23.9 Å². The van der Waals surface area contributed by atoms with Gasteiger partial charge < -0.3 is 4.74 Å². The SMILES string of the molecule is Cc1ccc(C)c(-n2nnnc2SCC(=O)O[C@H]2CCCCC2=O)c1. The molecule has 8 heteroatoms. The van der Waals surface area contributed by atoms with Crippen LogP contribution in [0.1, 0.15) is 36.8 Å². The molecule has 1 aromatic carbocycles. The second kappa shape index (κ2) is 7.77. The maximum absolute atomic E-state index is 12.0. The number of tetrazole rings is 1. The molecule has 1 aliphatic rings. The topological polar surface area (TPSA) is 87.0 Å². The lowest BCUT2D eigenvalue weighted by Gasteiger charge is -2.20. The highest BCUT2D eigenvalue weighted by molar-refractivity contribution is 7.99. The Labute approximate surface area is 150 Å². The normalized spacial score (nSPS) is 17.5. The number of ether oxygens (including phenoxy) is 1. The fourth-order valence-corrected chi connectivity index (χ4v) is 3.43. The third-order valence-electron chi connectivity index (χ3n) is 4.13. The fourth-order valence-electron chi connectivity index (χ4n) is 2.76. The summed E-state index contributed by atoms with van der Waals surface area (Å²) in [6.45, 7) is 3.98. The molecule has 7 nitrogen and oxygen atoms in total. The number of benzene rings is 1. The lowest BCUT2D eigenvalue weighted by atomic mass is 9.96. The summed E-state index contributed by atoms with van der Waals surface area (Å²) >= 11 is 1.20. The first-order valence-electron chi connectivity index (χ1n) is 8.25. The smallest absolute Gasteiger partial charge is 0.317 e. The minimum Gasteiger partial charge on any atom is -0.454 e. The Bertz CT molecular complexity index is 790. The standard InChI is InChI=1S/C17H20N4O3S/c1-11-7-8-12(2)13(9-11)21-17(18-19-20-21)25-10-16(23)24-15-6-4-3-5-14(15)22/h7-9,15H,3-6,10H2,1-2H3/t15-/m0/s1. The van der Waals surface area contributed by atoms with Crippen molar-refractivity contribution in [3.63, 3.8) is 0 Å². The molecule has 0 unspecified atom stereocenters. The van der Waals surface area contributed by atoms with Crippen molar-refractivity contribution in [1.82, 2.24) is 20.2 Å². The summed E-state index contributed by atoms with van der Waals surface area (Å²) in [6, 6.07) is 6.02. The first-order valence-corrected chi connectivity index (χ1v) is 9.24. The van der Waals surface area contributed by atoms with Gasteiger partial charge in [-0.2, -0.15) is 4.68 Å². The highest BCUT2D eigenvalue weighted by Gasteiger charge is 2.26. The number of rotatable bonds is 5. The summed E-state index contributed by atoms with van der Waals surface area (Å²) in [6.07, 6.45) is 2.33. The number of Topliss-reactive ketones (excluding diaryl/α,β-unsaturated/α-hetero) is 1. The zero-order valence-electron chi connectivity index (χ0n) is 14.3. The summed E-state index contributed by atoms with van der Waals surface area (Å²) in [5.41, 5.74) is 3.01. The molecule has 1 heterocycles. The van der Waals surface area contributed by atoms with Crippen molar-refractivity contribution in [1.29, 1.82) is 0 Å². The summed E-state index contributed by atoms with van der Waals surface area (Å²) in [5.74, 6) is -0.333. The number of aryl methyl sites for hydroxylation is 2. The van der Waals surface area contributed by atoms with Gasteiger partial charge >= 0.3 is 5.97 Å². The Morgan fingerprint density at radius 3 is 3.00 bits per heavy atom. The third kappa shape index (κ3) is 4.25. The lowest BCUT2D eigenvalue weighted by molar-refractivity contribution is -0.154. The van der Waals surface area contributed by atoms with Crippen molar-refractivity contribution < 1.29 is 14.3 Å². The molecule has 1 saturated carbocycles. The summed E-state index contributed by atoms with van der Waals surface area (Å²) < 4.78 is 6.92. The van der Waals surface area contributed by atoms with Gasteiger partial charge in [0.15, 0.2) is 11.9 Å². The zero-order valence-corrected chi connectivity index (χ0v) is 15.1. The molecule has 0 spiro atoms. The van der Waals surface area contributed by atoms with Gasteiger partial charge in [-0.15, -0.1) is 5.10 Å². The van der Waals surface area contributed by atoms with Crippen LogP contribution in [-0.2, 0) is 14.3 Å². The number of aromatic nitrogens is 4. The number of carbonyl (C=O) groups excluding carboxylic acids is 2. The maximum Gasteiger partial charge on any atom is 0.317 e. The van der Waals surface area contributed by atoms with Crippen LogP contribution < -0.4 is 0 Å². The molecule has 132 valence electrons. The van der Waals surface area contributed by atoms with E-state index in [2.05, 4.69) is 15.5 Å². The molecule has 1 fully saturated rings. The Morgan fingerprint density at radius 1 is 1.36 bits per heavy atom. The van der Waals surface area contributed by atoms with Crippen molar-refractivity contribution in [3.8, 4) is 5.69 Å². The minimum atomic E-state index is -0.586. The molecular weight excluding hydrogens is 340 g/mol. The Hall–Kier alpha value is -2.22. The monoisotopic (exact) mass is 360 g/mol. The highest BCUT2D eigenvalue weighted by atomic mass is 32.2. The van der Waals surface area contributed by atoms with E-state index in [1.165, 1.54) is 11.8 Å². The van der Waals surface area contributed by atoms with Crippen LogP contribution in [0.5, 0.6) is 0 Å². The number of esters is 1. The molecule has 0 bridgehead atoms. The van der Waals surface area contributed by atoms with E-state index in [1.54, 1.807) is 4.68 Å². The Balaban J connectivity index is 1.64. The van der Waals surface area contributed by atoms with Crippen molar-refractivity contribution in [2.24, 2.45) is 0 Å². The van der Waals surface area contributed by atoms with Gasteiger partial charge in [0.25, 0.3) is 0 Å². The van der Waals surface area contributed by atoms with Crippen LogP contribution in [0.2, 0.25) is 0 Å². The summed E-state index contributed by atoms with van der Waals surface area (Å²) in [7, 11) is 0. The lowest BCUT2D eigenvalue weighted by Crippen LogP contribution is -2.30. The average molecular weight is 360 g/mol. The molecule has 1 aliphatic carbocycles. The predicted octanol–water partition coefficient (Wildman–Crippen LogP) is 2.43. The molecule has 0 radical (unpaired) electrons. The average Bonchev–Trinajstić information content (AvgIpc) is 3.05. The fraction of sp³-hybridized carbons (Fsp3) is 0.471. The van der Waals surface area contributed by atoms with Crippen LogP contribution in [0.15, 0.2) is 23.4 Å². The maximum atomic E-state index is 12.0. The number of thioether (sulfide) groups is 1. The predicted molar refractivity (Wildman–Crippen MR) is 92.7 cm³/mol. The number of hydrogen-bond donors (Lipinski definition) is 0. The van der Waals surface area contributed by atoms with Gasteiger partial charge in [-0.25, -0.2) is 0 Å². The second-order valence-electron chi connectivity index (χ2n) is 6.14. The van der Waals surface area contributed by atoms with Crippen LogP contribution in [0, 0.1) is 13.8 Å². The molecule has 3 rings (SSSR count). The van der Waals surface area contributed by atoms with Crippen molar-refractivity contribution >= 4 is 23.5 Å². The first-order chi connectivity index (χ1) is 12.0. The Kier molecular flexibility index (Phi) is 5.47. The van der Waals surface area contributed by atoms with Gasteiger partial charge in [0.05, 0.1) is 11.4 Å². The molecule has 0 N–H and O–H groups in total. The van der Waals surface area contributed by atoms with E-state index in [-0.39, 0.29) is 11.5 Å². The number of nitrogens with zero attached hydrogens (tertiary/aromatic N) is 4. The highest BCUT2D eigenvalue weighted by Crippen LogP contribution is 2.23. The van der Waals surface area contributed by atoms with Crippen molar-refractivity contribution in [3.05, 3.63) is 29.3 Å². The Morgan fingerprint density at radius 2 is 2.20 bits per heavy atom. The van der Waals surface area contributed by atoms with Crippen LogP contribution >= 0.6 is 11.8 Å². The van der Waals surface area contributed by atoms with E-state index in [0.29, 0.717) is 18.0 Å². The first kappa shape index (κ1) is 17.6. The number of carbonyl (C=O) groups is 2. The molecular formula is C17H20N4O3S. The molecule has 1 aromatic heterocycles. The molecule has 1 atom stereocenters. The zero-order chi connectivity index (χ0) is 17.8. The van der Waals surface area contributed by atoms with E-state index in [0.717, 1.165) is 29.7 Å². The van der Waals surface area contributed by atoms with E-state index in [1.807, 2.05) is 32.0 Å². The van der Waals surface area contributed by atoms with E-state index in [4.69, 9.17) is 4.74 Å². The number of ketones is 1. The van der Waals surface area contributed by atoms with Gasteiger partial charge in [0.2, 0.25) is 5.16 Å². The van der Waals surface area contributed by atoms with E-state index < -0.39 is 12.1 Å². The van der Waals surface area contributed by atoms with Gasteiger partial charge in [0, 0.05) is 6.42 Å². The number of hydrogen-bond acceptors (Lipinski definition) is 7. The summed E-state index contributed by atoms with van der Waals surface area (Å²) in [5, 5.41) is 12.2. The summed E-state index contributed by atoms with van der Waals surface area (Å²) in [4.78, 5) is 23.8. The van der Waals surface area contributed by atoms with Crippen molar-refractivity contribution in [2.75, 3.05) is 5.75 Å². The largest absolute Gasteiger partial charge is 0.454 e. The van der Waals surface area contributed by atoms with Crippen LogP contribution in [0.3, 0.4) is 0 Å². The minimum absolute atomic E-state index is 0.0184. The molecule has 0 saturated heterocycles.